The van der Waals surface area contributed by atoms with Crippen LogP contribution in [0, 0.1) is 0 Å². The van der Waals surface area contributed by atoms with Crippen LogP contribution in [0.4, 0.5) is 0 Å². The second-order valence-corrected chi connectivity index (χ2v) is 10.2. The molecule has 1 aliphatic heterocycles. The number of aliphatic imine (C=N–C) groups is 1. The Hall–Kier alpha value is -2.85. The molecule has 11 heteroatoms. The van der Waals surface area contributed by atoms with E-state index in [0.29, 0.717) is 30.2 Å². The highest BCUT2D eigenvalue weighted by Crippen LogP contribution is 2.25. The first kappa shape index (κ1) is 25.8. The SMILES string of the molecule is Cl.NC(N)=NCc1ccc(C(=O)N2CCN(S(=O)(=O)c3ccc4cc(Cl)ccc4c3)CC2)cc1. The van der Waals surface area contributed by atoms with Crippen molar-refractivity contribution in [2.45, 2.75) is 11.4 Å². The summed E-state index contributed by atoms with van der Waals surface area (Å²) in [5, 5.41) is 2.28. The zero-order chi connectivity index (χ0) is 23.6. The fraction of sp³-hybridized carbons (Fsp3) is 0.217. The lowest BCUT2D eigenvalue weighted by Crippen LogP contribution is -2.50. The minimum absolute atomic E-state index is 0. The van der Waals surface area contributed by atoms with Crippen LogP contribution in [0.15, 0.2) is 70.6 Å². The van der Waals surface area contributed by atoms with Gasteiger partial charge in [-0.25, -0.2) is 13.4 Å². The summed E-state index contributed by atoms with van der Waals surface area (Å²) in [6, 6.07) is 17.4. The number of nitrogens with zero attached hydrogens (tertiary/aromatic N) is 3. The van der Waals surface area contributed by atoms with Crippen molar-refractivity contribution < 1.29 is 13.2 Å². The Morgan fingerprint density at radius 2 is 1.53 bits per heavy atom. The van der Waals surface area contributed by atoms with E-state index in [4.69, 9.17) is 23.1 Å². The number of hydrogen-bond donors (Lipinski definition) is 2. The van der Waals surface area contributed by atoms with E-state index in [0.717, 1.165) is 16.3 Å². The van der Waals surface area contributed by atoms with Crippen LogP contribution in [0.5, 0.6) is 0 Å². The molecule has 34 heavy (non-hydrogen) atoms. The quantitative estimate of drug-likeness (QED) is 0.394. The lowest BCUT2D eigenvalue weighted by Gasteiger charge is -2.34. The molecule has 1 heterocycles. The van der Waals surface area contributed by atoms with E-state index < -0.39 is 10.0 Å². The molecule has 8 nitrogen and oxygen atoms in total. The Kier molecular flexibility index (Phi) is 8.04. The van der Waals surface area contributed by atoms with Crippen LogP contribution in [0.2, 0.25) is 5.02 Å². The number of nitrogens with two attached hydrogens (primary N) is 2. The van der Waals surface area contributed by atoms with Crippen molar-refractivity contribution in [3.63, 3.8) is 0 Å². The standard InChI is InChI=1S/C23H24ClN5O3S.ClH/c24-20-7-5-19-14-21(8-6-18(19)13-20)33(31,32)29-11-9-28(10-12-29)22(30)17-3-1-16(2-4-17)15-27-23(25)26;/h1-8,13-14H,9-12,15H2,(H4,25,26,27);1H. The number of hydrogen-bond acceptors (Lipinski definition) is 4. The van der Waals surface area contributed by atoms with E-state index in [9.17, 15) is 13.2 Å². The van der Waals surface area contributed by atoms with Crippen LogP contribution < -0.4 is 11.5 Å². The third-order valence-corrected chi connectivity index (χ3v) is 7.71. The Labute approximate surface area is 209 Å². The number of carbonyl (C=O) groups is 1. The molecule has 0 radical (unpaired) electrons. The maximum Gasteiger partial charge on any atom is 0.253 e. The van der Waals surface area contributed by atoms with Crippen molar-refractivity contribution in [3.05, 3.63) is 76.8 Å². The Balaban J connectivity index is 0.00000324. The monoisotopic (exact) mass is 521 g/mol. The Bertz CT molecular complexity index is 1320. The van der Waals surface area contributed by atoms with Crippen molar-refractivity contribution >= 4 is 56.7 Å². The summed E-state index contributed by atoms with van der Waals surface area (Å²) < 4.78 is 27.7. The number of fused-ring (bicyclic) bond motifs is 1. The van der Waals surface area contributed by atoms with Gasteiger partial charge in [-0.3, -0.25) is 4.79 Å². The van der Waals surface area contributed by atoms with Gasteiger partial charge in [0.2, 0.25) is 10.0 Å². The first-order valence-electron chi connectivity index (χ1n) is 10.4. The maximum atomic E-state index is 13.2. The van der Waals surface area contributed by atoms with Gasteiger partial charge in [0.05, 0.1) is 11.4 Å². The highest BCUT2D eigenvalue weighted by molar-refractivity contribution is 7.89. The van der Waals surface area contributed by atoms with E-state index in [2.05, 4.69) is 4.99 Å². The van der Waals surface area contributed by atoms with Crippen LogP contribution in [0.25, 0.3) is 10.8 Å². The number of piperazine rings is 1. The third-order valence-electron chi connectivity index (χ3n) is 5.58. The van der Waals surface area contributed by atoms with Gasteiger partial charge in [0.25, 0.3) is 5.91 Å². The largest absolute Gasteiger partial charge is 0.370 e. The smallest absolute Gasteiger partial charge is 0.253 e. The average molecular weight is 522 g/mol. The molecule has 1 aliphatic rings. The van der Waals surface area contributed by atoms with E-state index in [1.807, 2.05) is 0 Å². The third kappa shape index (κ3) is 5.61. The number of benzene rings is 3. The Morgan fingerprint density at radius 3 is 2.18 bits per heavy atom. The van der Waals surface area contributed by atoms with Gasteiger partial charge >= 0.3 is 0 Å². The first-order chi connectivity index (χ1) is 15.7. The molecule has 0 aromatic heterocycles. The minimum Gasteiger partial charge on any atom is -0.370 e. The molecular weight excluding hydrogens is 497 g/mol. The predicted molar refractivity (Wildman–Crippen MR) is 137 cm³/mol. The normalized spacial score (nSPS) is 14.4. The molecule has 0 saturated carbocycles. The molecule has 0 bridgehead atoms. The fourth-order valence-electron chi connectivity index (χ4n) is 3.75. The van der Waals surface area contributed by atoms with Gasteiger partial charge in [-0.2, -0.15) is 4.31 Å². The number of halogens is 2. The van der Waals surface area contributed by atoms with Crippen LogP contribution in [-0.2, 0) is 16.6 Å². The van der Waals surface area contributed by atoms with E-state index >= 15 is 0 Å². The van der Waals surface area contributed by atoms with Crippen LogP contribution in [-0.4, -0.2) is 55.7 Å². The molecule has 0 atom stereocenters. The minimum atomic E-state index is -3.67. The average Bonchev–Trinajstić information content (AvgIpc) is 2.82. The van der Waals surface area contributed by atoms with Gasteiger partial charge in [0.15, 0.2) is 5.96 Å². The van der Waals surface area contributed by atoms with E-state index in [1.165, 1.54) is 4.31 Å². The number of amides is 1. The molecule has 0 aliphatic carbocycles. The van der Waals surface area contributed by atoms with Crippen LogP contribution in [0.1, 0.15) is 15.9 Å². The van der Waals surface area contributed by atoms with E-state index in [-0.39, 0.29) is 42.3 Å². The summed E-state index contributed by atoms with van der Waals surface area (Å²) in [7, 11) is -3.67. The van der Waals surface area contributed by atoms with E-state index in [1.54, 1.807) is 65.6 Å². The Morgan fingerprint density at radius 1 is 0.912 bits per heavy atom. The lowest BCUT2D eigenvalue weighted by molar-refractivity contribution is 0.0698. The summed E-state index contributed by atoms with van der Waals surface area (Å²) >= 11 is 6.01. The molecule has 0 unspecified atom stereocenters. The van der Waals surface area contributed by atoms with Crippen LogP contribution >= 0.6 is 24.0 Å². The van der Waals surface area contributed by atoms with Crippen molar-refractivity contribution in [2.75, 3.05) is 26.2 Å². The number of carbonyl (C=O) groups excluding carboxylic acids is 1. The molecule has 3 aromatic carbocycles. The number of guanidine groups is 1. The van der Waals surface area contributed by atoms with Crippen molar-refractivity contribution in [3.8, 4) is 0 Å². The summed E-state index contributed by atoms with van der Waals surface area (Å²) in [6.07, 6.45) is 0. The number of sulfonamides is 1. The highest BCUT2D eigenvalue weighted by atomic mass is 35.5. The summed E-state index contributed by atoms with van der Waals surface area (Å²) in [6.45, 7) is 1.44. The molecule has 1 fully saturated rings. The molecule has 1 saturated heterocycles. The van der Waals surface area contributed by atoms with Crippen LogP contribution in [0.3, 0.4) is 0 Å². The van der Waals surface area contributed by atoms with Gasteiger partial charge < -0.3 is 16.4 Å². The summed E-state index contributed by atoms with van der Waals surface area (Å²) in [4.78, 5) is 18.7. The predicted octanol–water partition coefficient (Wildman–Crippen LogP) is 2.84. The van der Waals surface area contributed by atoms with Crippen molar-refractivity contribution in [2.24, 2.45) is 16.5 Å². The van der Waals surface area contributed by atoms with Crippen molar-refractivity contribution in [1.82, 2.24) is 9.21 Å². The zero-order valence-electron chi connectivity index (χ0n) is 18.2. The highest BCUT2D eigenvalue weighted by Gasteiger charge is 2.30. The molecule has 1 amide bonds. The first-order valence-corrected chi connectivity index (χ1v) is 12.2. The van der Waals surface area contributed by atoms with Gasteiger partial charge in [-0.1, -0.05) is 35.9 Å². The van der Waals surface area contributed by atoms with Gasteiger partial charge in [-0.05, 0) is 52.7 Å². The second-order valence-electron chi connectivity index (χ2n) is 7.79. The summed E-state index contributed by atoms with van der Waals surface area (Å²) in [5.41, 5.74) is 12.1. The molecule has 0 spiro atoms. The van der Waals surface area contributed by atoms with Gasteiger partial charge in [0, 0.05) is 36.8 Å². The topological polar surface area (TPSA) is 122 Å². The molecule has 180 valence electrons. The van der Waals surface area contributed by atoms with Crippen molar-refractivity contribution in [1.29, 1.82) is 0 Å². The second kappa shape index (κ2) is 10.6. The lowest BCUT2D eigenvalue weighted by atomic mass is 10.1. The molecular formula is C23H25Cl2N5O3S. The zero-order valence-corrected chi connectivity index (χ0v) is 20.6. The maximum absolute atomic E-state index is 13.2. The molecule has 3 aromatic rings. The molecule has 4 rings (SSSR count). The summed E-state index contributed by atoms with van der Waals surface area (Å²) in [5.74, 6) is -0.126. The van der Waals surface area contributed by atoms with Gasteiger partial charge in [-0.15, -0.1) is 12.4 Å². The number of rotatable bonds is 5. The molecule has 4 N–H and O–H groups in total. The van der Waals surface area contributed by atoms with Gasteiger partial charge in [0.1, 0.15) is 0 Å². The fourth-order valence-corrected chi connectivity index (χ4v) is 5.39.